The van der Waals surface area contributed by atoms with Crippen molar-refractivity contribution in [3.63, 3.8) is 0 Å². The van der Waals surface area contributed by atoms with Gasteiger partial charge in [-0.15, -0.1) is 10.2 Å². The minimum atomic E-state index is -4.48. The van der Waals surface area contributed by atoms with E-state index in [4.69, 9.17) is 14.2 Å². The fourth-order valence-corrected chi connectivity index (χ4v) is 2.62. The third-order valence-electron chi connectivity index (χ3n) is 4.23. The summed E-state index contributed by atoms with van der Waals surface area (Å²) < 4.78 is 53.7. The zero-order valence-electron chi connectivity index (χ0n) is 17.1. The molecule has 32 heavy (non-hydrogen) atoms. The van der Waals surface area contributed by atoms with Crippen LogP contribution in [0, 0.1) is 0 Å². The summed E-state index contributed by atoms with van der Waals surface area (Å²) in [4.78, 5) is 11.8. The van der Waals surface area contributed by atoms with Crippen LogP contribution in [0.5, 0.6) is 17.4 Å². The molecule has 0 aliphatic carbocycles. The lowest BCUT2D eigenvalue weighted by atomic mass is 10.1. The summed E-state index contributed by atoms with van der Waals surface area (Å²) in [5.74, 6) is 0.492. The number of halogens is 3. The number of rotatable bonds is 9. The first-order valence-corrected chi connectivity index (χ1v) is 9.53. The zero-order valence-corrected chi connectivity index (χ0v) is 17.1. The number of methoxy groups -OCH3 is 1. The number of aromatic nitrogens is 2. The molecule has 3 aromatic rings. The molecule has 0 radical (unpaired) electrons. The third-order valence-corrected chi connectivity index (χ3v) is 4.23. The molecule has 1 aromatic heterocycles. The molecule has 0 spiro atoms. The lowest BCUT2D eigenvalue weighted by Gasteiger charge is -2.10. The van der Waals surface area contributed by atoms with Gasteiger partial charge in [0.2, 0.25) is 5.88 Å². The van der Waals surface area contributed by atoms with E-state index in [2.05, 4.69) is 15.5 Å². The van der Waals surface area contributed by atoms with Crippen molar-refractivity contribution in [3.8, 4) is 28.6 Å². The standard InChI is InChI=1S/C22H20F3N3O4/c1-30-17-7-5-15(6-8-17)19-9-10-21(28-27-19)31-12-11-26-20(29)14-32-18-4-2-3-16(13-18)22(23,24)25/h2-10,13H,11-12,14H2,1H3,(H,26,29). The molecule has 0 bridgehead atoms. The van der Waals surface area contributed by atoms with Gasteiger partial charge in [-0.3, -0.25) is 4.79 Å². The molecule has 1 heterocycles. The molecule has 10 heteroatoms. The highest BCUT2D eigenvalue weighted by Crippen LogP contribution is 2.31. The number of carbonyl (C=O) groups is 1. The molecule has 0 atom stereocenters. The molecule has 1 N–H and O–H groups in total. The smallest absolute Gasteiger partial charge is 0.416 e. The predicted molar refractivity (Wildman–Crippen MR) is 109 cm³/mol. The van der Waals surface area contributed by atoms with E-state index in [0.29, 0.717) is 5.69 Å². The number of hydrogen-bond donors (Lipinski definition) is 1. The first kappa shape index (κ1) is 22.9. The van der Waals surface area contributed by atoms with E-state index in [1.807, 2.05) is 24.3 Å². The Morgan fingerprint density at radius 2 is 1.75 bits per heavy atom. The Bertz CT molecular complexity index is 1030. The minimum Gasteiger partial charge on any atom is -0.497 e. The van der Waals surface area contributed by atoms with Crippen LogP contribution in [0.15, 0.2) is 60.7 Å². The number of benzene rings is 2. The Balaban J connectivity index is 1.39. The Morgan fingerprint density at radius 3 is 2.41 bits per heavy atom. The molecular weight excluding hydrogens is 427 g/mol. The number of nitrogens with one attached hydrogen (secondary N) is 1. The lowest BCUT2D eigenvalue weighted by molar-refractivity contribution is -0.137. The molecule has 0 saturated carbocycles. The van der Waals surface area contributed by atoms with Crippen LogP contribution in [0.3, 0.4) is 0 Å². The topological polar surface area (TPSA) is 82.6 Å². The Labute approximate surface area is 182 Å². The minimum absolute atomic E-state index is 0.0431. The Hall–Kier alpha value is -3.82. The van der Waals surface area contributed by atoms with E-state index in [9.17, 15) is 18.0 Å². The number of amides is 1. The first-order valence-electron chi connectivity index (χ1n) is 9.53. The van der Waals surface area contributed by atoms with Crippen molar-refractivity contribution in [3.05, 3.63) is 66.2 Å². The molecule has 0 saturated heterocycles. The van der Waals surface area contributed by atoms with Gasteiger partial charge in [-0.05, 0) is 48.5 Å². The maximum Gasteiger partial charge on any atom is 0.416 e. The average Bonchev–Trinajstić information content (AvgIpc) is 2.80. The monoisotopic (exact) mass is 447 g/mol. The first-order chi connectivity index (χ1) is 15.3. The molecule has 3 rings (SSSR count). The van der Waals surface area contributed by atoms with Crippen molar-refractivity contribution in [1.82, 2.24) is 15.5 Å². The quantitative estimate of drug-likeness (QED) is 0.503. The molecule has 2 aromatic carbocycles. The van der Waals surface area contributed by atoms with E-state index in [-0.39, 0.29) is 24.8 Å². The number of alkyl halides is 3. The second-order valence-electron chi connectivity index (χ2n) is 6.50. The largest absolute Gasteiger partial charge is 0.497 e. The highest BCUT2D eigenvalue weighted by molar-refractivity contribution is 5.77. The summed E-state index contributed by atoms with van der Waals surface area (Å²) >= 11 is 0. The molecule has 168 valence electrons. The van der Waals surface area contributed by atoms with Gasteiger partial charge >= 0.3 is 6.18 Å². The lowest BCUT2D eigenvalue weighted by Crippen LogP contribution is -2.32. The number of ether oxygens (including phenoxy) is 3. The molecule has 0 unspecified atom stereocenters. The molecular formula is C22H20F3N3O4. The Morgan fingerprint density at radius 1 is 0.969 bits per heavy atom. The SMILES string of the molecule is COc1ccc(-c2ccc(OCCNC(=O)COc3cccc(C(F)(F)F)c3)nn2)cc1. The highest BCUT2D eigenvalue weighted by atomic mass is 19.4. The third kappa shape index (κ3) is 6.59. The van der Waals surface area contributed by atoms with Gasteiger partial charge in [0.15, 0.2) is 6.61 Å². The van der Waals surface area contributed by atoms with Gasteiger partial charge in [0.05, 0.1) is 24.9 Å². The summed E-state index contributed by atoms with van der Waals surface area (Å²) in [5, 5.41) is 10.6. The van der Waals surface area contributed by atoms with Crippen molar-refractivity contribution in [1.29, 1.82) is 0 Å². The maximum absolute atomic E-state index is 12.7. The molecule has 0 aliphatic rings. The molecule has 0 aliphatic heterocycles. The van der Waals surface area contributed by atoms with Gasteiger partial charge in [0.1, 0.15) is 18.1 Å². The van der Waals surface area contributed by atoms with E-state index in [1.54, 1.807) is 19.2 Å². The van der Waals surface area contributed by atoms with Crippen LogP contribution in [-0.4, -0.2) is 43.0 Å². The second kappa shape index (κ2) is 10.5. The molecule has 7 nitrogen and oxygen atoms in total. The van der Waals surface area contributed by atoms with Crippen molar-refractivity contribution in [2.45, 2.75) is 6.18 Å². The van der Waals surface area contributed by atoms with Crippen LogP contribution in [0.4, 0.5) is 13.2 Å². The average molecular weight is 447 g/mol. The van der Waals surface area contributed by atoms with Gasteiger partial charge in [0, 0.05) is 11.6 Å². The van der Waals surface area contributed by atoms with E-state index < -0.39 is 24.3 Å². The number of hydrogen-bond acceptors (Lipinski definition) is 6. The summed E-state index contributed by atoms with van der Waals surface area (Å²) in [6, 6.07) is 15.1. The molecule has 0 fully saturated rings. The van der Waals surface area contributed by atoms with Gasteiger partial charge in [0.25, 0.3) is 5.91 Å². The Kier molecular flexibility index (Phi) is 7.48. The van der Waals surface area contributed by atoms with Crippen LogP contribution < -0.4 is 19.5 Å². The number of nitrogens with zero attached hydrogens (tertiary/aromatic N) is 2. The maximum atomic E-state index is 12.7. The van der Waals surface area contributed by atoms with Crippen molar-refractivity contribution in [2.75, 3.05) is 26.9 Å². The predicted octanol–water partition coefficient (Wildman–Crippen LogP) is 3.75. The van der Waals surface area contributed by atoms with Gasteiger partial charge in [-0.1, -0.05) is 6.07 Å². The van der Waals surface area contributed by atoms with Crippen LogP contribution in [0.1, 0.15) is 5.56 Å². The fraction of sp³-hybridized carbons (Fsp3) is 0.227. The van der Waals surface area contributed by atoms with Crippen LogP contribution in [0.2, 0.25) is 0 Å². The summed E-state index contributed by atoms with van der Waals surface area (Å²) in [7, 11) is 1.59. The van der Waals surface area contributed by atoms with E-state index >= 15 is 0 Å². The van der Waals surface area contributed by atoms with E-state index in [1.165, 1.54) is 12.1 Å². The number of carbonyl (C=O) groups excluding carboxylic acids is 1. The van der Waals surface area contributed by atoms with Crippen molar-refractivity contribution >= 4 is 5.91 Å². The van der Waals surface area contributed by atoms with Crippen molar-refractivity contribution in [2.24, 2.45) is 0 Å². The van der Waals surface area contributed by atoms with Crippen molar-refractivity contribution < 1.29 is 32.2 Å². The summed E-state index contributed by atoms with van der Waals surface area (Å²) in [6.07, 6.45) is -4.48. The van der Waals surface area contributed by atoms with E-state index in [0.717, 1.165) is 23.4 Å². The zero-order chi connectivity index (χ0) is 23.0. The van der Waals surface area contributed by atoms with Gasteiger partial charge < -0.3 is 19.5 Å². The van der Waals surface area contributed by atoms with Gasteiger partial charge in [-0.2, -0.15) is 13.2 Å². The molecule has 1 amide bonds. The summed E-state index contributed by atoms with van der Waals surface area (Å²) in [6.45, 7) is -0.129. The van der Waals surface area contributed by atoms with Crippen LogP contribution in [-0.2, 0) is 11.0 Å². The summed E-state index contributed by atoms with van der Waals surface area (Å²) in [5.41, 5.74) is 0.695. The normalized spacial score (nSPS) is 11.0. The van der Waals surface area contributed by atoms with Gasteiger partial charge in [-0.25, -0.2) is 0 Å². The second-order valence-corrected chi connectivity index (χ2v) is 6.50. The fourth-order valence-electron chi connectivity index (χ4n) is 2.62. The highest BCUT2D eigenvalue weighted by Gasteiger charge is 2.30. The van der Waals surface area contributed by atoms with Crippen LogP contribution >= 0.6 is 0 Å². The van der Waals surface area contributed by atoms with Crippen LogP contribution in [0.25, 0.3) is 11.3 Å².